The molecule has 4 rings (SSSR count). The summed E-state index contributed by atoms with van der Waals surface area (Å²) in [4.78, 5) is 25.9. The fraction of sp³-hybridized carbons (Fsp3) is 0.0345. The van der Waals surface area contributed by atoms with Crippen LogP contribution in [-0.4, -0.2) is 18.2 Å². The van der Waals surface area contributed by atoms with Crippen LogP contribution in [0, 0.1) is 0 Å². The molecule has 0 spiro atoms. The molecule has 0 heterocycles. The molecule has 4 aromatic carbocycles. The molecular weight excluding hydrogens is 533 g/mol. The second kappa shape index (κ2) is 12.2. The smallest absolute Gasteiger partial charge is 0.457 e. The van der Waals surface area contributed by atoms with Crippen molar-refractivity contribution in [1.82, 2.24) is 5.32 Å². The Bertz CT molecular complexity index is 1460. The topological polar surface area (TPSA) is 76.7 Å². The number of rotatable bonds is 8. The van der Waals surface area contributed by atoms with Crippen molar-refractivity contribution in [1.29, 1.82) is 0 Å². The summed E-state index contributed by atoms with van der Waals surface area (Å²) in [7, 11) is 0. The van der Waals surface area contributed by atoms with Gasteiger partial charge in [-0.15, -0.1) is 13.2 Å². The van der Waals surface area contributed by atoms with Gasteiger partial charge in [-0.3, -0.25) is 9.59 Å². The van der Waals surface area contributed by atoms with Crippen LogP contribution in [-0.2, 0) is 4.79 Å². The molecule has 10 heteroatoms. The molecule has 198 valence electrons. The van der Waals surface area contributed by atoms with Crippen molar-refractivity contribution >= 4 is 35.2 Å². The summed E-state index contributed by atoms with van der Waals surface area (Å²) in [6.07, 6.45) is -3.37. The molecule has 2 amide bonds. The molecule has 0 saturated heterocycles. The van der Waals surface area contributed by atoms with Crippen molar-refractivity contribution in [3.05, 3.63) is 125 Å². The summed E-state index contributed by atoms with van der Waals surface area (Å²) in [5, 5.41) is 5.74. The third-order valence-electron chi connectivity index (χ3n) is 5.12. The standard InChI is InChI=1S/C29H20ClF3N2O4/c30-21-8-14-24(15-9-21)38-23-12-6-19(7-13-23)18-26(35-27(36)20-4-2-1-3-5-20)28(37)34-22-10-16-25(17-11-22)39-29(31,32)33/h1-18H,(H,34,37)(H,35,36). The van der Waals surface area contributed by atoms with Gasteiger partial charge in [-0.25, -0.2) is 0 Å². The van der Waals surface area contributed by atoms with E-state index in [2.05, 4.69) is 15.4 Å². The number of carbonyl (C=O) groups is 2. The number of alkyl halides is 3. The first-order valence-electron chi connectivity index (χ1n) is 11.4. The minimum atomic E-state index is -4.84. The van der Waals surface area contributed by atoms with E-state index in [-0.39, 0.29) is 11.4 Å². The normalized spacial score (nSPS) is 11.4. The lowest BCUT2D eigenvalue weighted by Gasteiger charge is -2.13. The molecule has 4 aromatic rings. The Labute approximate surface area is 226 Å². The van der Waals surface area contributed by atoms with Crippen molar-refractivity contribution in [2.24, 2.45) is 0 Å². The Morgan fingerprint density at radius 2 is 1.31 bits per heavy atom. The van der Waals surface area contributed by atoms with Gasteiger partial charge in [-0.1, -0.05) is 41.9 Å². The highest BCUT2D eigenvalue weighted by molar-refractivity contribution is 6.30. The molecule has 6 nitrogen and oxygen atoms in total. The van der Waals surface area contributed by atoms with E-state index in [1.165, 1.54) is 18.2 Å². The number of halogens is 4. The number of hydrogen-bond acceptors (Lipinski definition) is 4. The Balaban J connectivity index is 1.53. The van der Waals surface area contributed by atoms with E-state index >= 15 is 0 Å². The molecule has 0 bridgehead atoms. The van der Waals surface area contributed by atoms with Gasteiger partial charge >= 0.3 is 6.36 Å². The van der Waals surface area contributed by atoms with Crippen LogP contribution in [0.3, 0.4) is 0 Å². The van der Waals surface area contributed by atoms with E-state index in [1.54, 1.807) is 78.9 Å². The molecule has 0 aliphatic rings. The van der Waals surface area contributed by atoms with Gasteiger partial charge in [0.25, 0.3) is 11.8 Å². The van der Waals surface area contributed by atoms with Crippen LogP contribution in [0.25, 0.3) is 6.08 Å². The molecule has 0 saturated carbocycles. The van der Waals surface area contributed by atoms with Crippen molar-refractivity contribution in [2.45, 2.75) is 6.36 Å². The molecule has 0 aromatic heterocycles. The second-order valence-corrected chi connectivity index (χ2v) is 8.47. The van der Waals surface area contributed by atoms with E-state index in [9.17, 15) is 22.8 Å². The van der Waals surface area contributed by atoms with Crippen LogP contribution in [0.15, 0.2) is 109 Å². The van der Waals surface area contributed by atoms with Crippen LogP contribution >= 0.6 is 11.6 Å². The predicted molar refractivity (Wildman–Crippen MR) is 142 cm³/mol. The van der Waals surface area contributed by atoms with E-state index < -0.39 is 23.9 Å². The van der Waals surface area contributed by atoms with Crippen LogP contribution in [0.5, 0.6) is 17.2 Å². The number of ether oxygens (including phenoxy) is 2. The van der Waals surface area contributed by atoms with Gasteiger partial charge in [0.15, 0.2) is 0 Å². The van der Waals surface area contributed by atoms with Crippen LogP contribution < -0.4 is 20.1 Å². The zero-order valence-electron chi connectivity index (χ0n) is 20.0. The minimum Gasteiger partial charge on any atom is -0.457 e. The SMILES string of the molecule is O=C(Nc1ccc(OC(F)(F)F)cc1)C(=Cc1ccc(Oc2ccc(Cl)cc2)cc1)NC(=O)c1ccccc1. The summed E-state index contributed by atoms with van der Waals surface area (Å²) in [6, 6.07) is 26.5. The maximum atomic E-state index is 13.1. The predicted octanol–water partition coefficient (Wildman–Crippen LogP) is 7.44. The van der Waals surface area contributed by atoms with E-state index in [0.717, 1.165) is 12.1 Å². The van der Waals surface area contributed by atoms with Gasteiger partial charge in [0, 0.05) is 16.3 Å². The Hall–Kier alpha value is -4.76. The van der Waals surface area contributed by atoms with Gasteiger partial charge < -0.3 is 20.1 Å². The summed E-state index contributed by atoms with van der Waals surface area (Å²) in [6.45, 7) is 0. The maximum Gasteiger partial charge on any atom is 0.573 e. The van der Waals surface area contributed by atoms with E-state index in [0.29, 0.717) is 27.6 Å². The van der Waals surface area contributed by atoms with Crippen LogP contribution in [0.1, 0.15) is 15.9 Å². The van der Waals surface area contributed by atoms with Gasteiger partial charge in [-0.05, 0) is 84.4 Å². The van der Waals surface area contributed by atoms with Gasteiger partial charge in [-0.2, -0.15) is 0 Å². The second-order valence-electron chi connectivity index (χ2n) is 8.03. The molecule has 0 unspecified atom stereocenters. The first-order chi connectivity index (χ1) is 18.6. The number of nitrogens with one attached hydrogen (secondary N) is 2. The zero-order valence-corrected chi connectivity index (χ0v) is 20.8. The highest BCUT2D eigenvalue weighted by atomic mass is 35.5. The molecule has 0 atom stereocenters. The van der Waals surface area contributed by atoms with Gasteiger partial charge in [0.2, 0.25) is 0 Å². The van der Waals surface area contributed by atoms with Crippen LogP contribution in [0.4, 0.5) is 18.9 Å². The fourth-order valence-corrected chi connectivity index (χ4v) is 3.44. The number of hydrogen-bond donors (Lipinski definition) is 2. The lowest BCUT2D eigenvalue weighted by molar-refractivity contribution is -0.274. The number of amides is 2. The Morgan fingerprint density at radius 3 is 1.90 bits per heavy atom. The number of anilines is 1. The minimum absolute atomic E-state index is 0.0918. The lowest BCUT2D eigenvalue weighted by Crippen LogP contribution is -2.30. The zero-order chi connectivity index (χ0) is 27.8. The Kier molecular flexibility index (Phi) is 8.53. The molecule has 2 N–H and O–H groups in total. The van der Waals surface area contributed by atoms with Crippen molar-refractivity contribution in [3.63, 3.8) is 0 Å². The van der Waals surface area contributed by atoms with Crippen molar-refractivity contribution < 1.29 is 32.2 Å². The average Bonchev–Trinajstić information content (AvgIpc) is 2.91. The largest absolute Gasteiger partial charge is 0.573 e. The molecule has 0 aliphatic heterocycles. The maximum absolute atomic E-state index is 13.1. The highest BCUT2D eigenvalue weighted by Crippen LogP contribution is 2.25. The molecule has 39 heavy (non-hydrogen) atoms. The summed E-state index contributed by atoms with van der Waals surface area (Å²) in [5.41, 5.74) is 1.01. The summed E-state index contributed by atoms with van der Waals surface area (Å²) >= 11 is 5.89. The lowest BCUT2D eigenvalue weighted by atomic mass is 10.1. The number of benzene rings is 4. The molecule has 0 aliphatic carbocycles. The molecule has 0 radical (unpaired) electrons. The summed E-state index contributed by atoms with van der Waals surface area (Å²) < 4.78 is 46.9. The monoisotopic (exact) mass is 552 g/mol. The molecular formula is C29H20ClF3N2O4. The first-order valence-corrected chi connectivity index (χ1v) is 11.8. The number of carbonyl (C=O) groups excluding carboxylic acids is 2. The van der Waals surface area contributed by atoms with E-state index in [1.807, 2.05) is 0 Å². The highest BCUT2D eigenvalue weighted by Gasteiger charge is 2.31. The van der Waals surface area contributed by atoms with Gasteiger partial charge in [0.1, 0.15) is 22.9 Å². The average molecular weight is 553 g/mol. The third-order valence-corrected chi connectivity index (χ3v) is 5.37. The molecule has 0 fully saturated rings. The van der Waals surface area contributed by atoms with Crippen molar-refractivity contribution in [2.75, 3.05) is 5.32 Å². The quantitative estimate of drug-likeness (QED) is 0.223. The third kappa shape index (κ3) is 8.37. The van der Waals surface area contributed by atoms with E-state index in [4.69, 9.17) is 16.3 Å². The van der Waals surface area contributed by atoms with Crippen LogP contribution in [0.2, 0.25) is 5.02 Å². The fourth-order valence-electron chi connectivity index (χ4n) is 3.32. The first kappa shape index (κ1) is 27.3. The summed E-state index contributed by atoms with van der Waals surface area (Å²) in [5.74, 6) is -0.520. The Morgan fingerprint density at radius 1 is 0.744 bits per heavy atom. The van der Waals surface area contributed by atoms with Gasteiger partial charge in [0.05, 0.1) is 0 Å². The van der Waals surface area contributed by atoms with Crippen molar-refractivity contribution in [3.8, 4) is 17.2 Å².